The normalized spacial score (nSPS) is 14.7. The van der Waals surface area contributed by atoms with Crippen LogP contribution in [-0.4, -0.2) is 33.2 Å². The molecule has 8 nitrogen and oxygen atoms in total. The Labute approximate surface area is 221 Å². The summed E-state index contributed by atoms with van der Waals surface area (Å²) in [6.45, 7) is 4.90. The van der Waals surface area contributed by atoms with E-state index in [1.165, 1.54) is 11.8 Å². The van der Waals surface area contributed by atoms with E-state index in [9.17, 15) is 9.59 Å². The Morgan fingerprint density at radius 1 is 1.11 bits per heavy atom. The molecule has 1 unspecified atom stereocenters. The molecule has 0 radical (unpaired) electrons. The Hall–Kier alpha value is -4.46. The molecule has 5 rings (SSSR count). The average Bonchev–Trinajstić information content (AvgIpc) is 3.44. The van der Waals surface area contributed by atoms with E-state index in [2.05, 4.69) is 33.5 Å². The Bertz CT molecular complexity index is 1400. The molecule has 1 N–H and O–H groups in total. The Kier molecular flexibility index (Phi) is 7.49. The van der Waals surface area contributed by atoms with E-state index < -0.39 is 0 Å². The van der Waals surface area contributed by atoms with Gasteiger partial charge in [0.2, 0.25) is 11.8 Å². The van der Waals surface area contributed by atoms with Crippen LogP contribution in [0.3, 0.4) is 0 Å². The lowest BCUT2D eigenvalue weighted by atomic mass is 9.87. The second-order valence-corrected chi connectivity index (χ2v) is 9.53. The number of rotatable bonds is 8. The predicted octanol–water partition coefficient (Wildman–Crippen LogP) is 4.71. The number of carbonyl (C=O) groups is 2. The number of aromatic nitrogens is 2. The topological polar surface area (TPSA) is 97.6 Å². The van der Waals surface area contributed by atoms with E-state index in [1.54, 1.807) is 6.20 Å². The largest absolute Gasteiger partial charge is 0.484 e. The van der Waals surface area contributed by atoms with Crippen molar-refractivity contribution in [3.05, 3.63) is 113 Å². The lowest BCUT2D eigenvalue weighted by Crippen LogP contribution is -2.42. The third-order valence-electron chi connectivity index (χ3n) is 6.54. The van der Waals surface area contributed by atoms with Gasteiger partial charge in [0.25, 0.3) is 5.91 Å². The number of nitrogens with one attached hydrogen (secondary N) is 1. The van der Waals surface area contributed by atoms with Gasteiger partial charge in [0.15, 0.2) is 12.3 Å². The van der Waals surface area contributed by atoms with Gasteiger partial charge in [0, 0.05) is 18.7 Å². The number of ether oxygens (including phenoxy) is 1. The van der Waals surface area contributed by atoms with Gasteiger partial charge in [-0.25, -0.2) is 4.98 Å². The Balaban J connectivity index is 1.29. The fourth-order valence-corrected chi connectivity index (χ4v) is 4.64. The SMILES string of the molecule is CC(C)C(=O)N1CCc2ccc(OCc3nc(C(=O)NCc4ccccn4)co3)cc2C1c1ccccc1. The molecule has 3 heterocycles. The minimum Gasteiger partial charge on any atom is -0.484 e. The number of fused-ring (bicyclic) bond motifs is 1. The van der Waals surface area contributed by atoms with E-state index >= 15 is 0 Å². The number of nitrogens with zero attached hydrogens (tertiary/aromatic N) is 3. The lowest BCUT2D eigenvalue weighted by Gasteiger charge is -2.39. The molecule has 1 aliphatic rings. The standard InChI is InChI=1S/C30H30N4O4/c1-20(2)30(36)34-15-13-21-11-12-24(16-25(21)28(34)22-8-4-3-5-9-22)37-19-27-33-26(18-38-27)29(35)32-17-23-10-6-7-14-31-23/h3-12,14,16,18,20,28H,13,15,17,19H2,1-2H3,(H,32,35). The van der Waals surface area contributed by atoms with Gasteiger partial charge >= 0.3 is 0 Å². The molecule has 2 amide bonds. The zero-order valence-corrected chi connectivity index (χ0v) is 21.5. The molecule has 0 spiro atoms. The number of benzene rings is 2. The molecule has 0 bridgehead atoms. The van der Waals surface area contributed by atoms with E-state index in [1.807, 2.05) is 67.3 Å². The first-order valence-corrected chi connectivity index (χ1v) is 12.7. The first-order valence-electron chi connectivity index (χ1n) is 12.7. The molecular formula is C30H30N4O4. The number of carbonyl (C=O) groups excluding carboxylic acids is 2. The van der Waals surface area contributed by atoms with Crippen molar-refractivity contribution >= 4 is 11.8 Å². The highest BCUT2D eigenvalue weighted by atomic mass is 16.5. The maximum absolute atomic E-state index is 13.1. The van der Waals surface area contributed by atoms with Crippen LogP contribution in [0.25, 0.3) is 0 Å². The van der Waals surface area contributed by atoms with Crippen molar-refractivity contribution in [1.29, 1.82) is 0 Å². The zero-order valence-electron chi connectivity index (χ0n) is 21.5. The van der Waals surface area contributed by atoms with E-state index in [0.717, 1.165) is 23.2 Å². The molecule has 2 aromatic carbocycles. The summed E-state index contributed by atoms with van der Waals surface area (Å²) >= 11 is 0. The summed E-state index contributed by atoms with van der Waals surface area (Å²) < 4.78 is 11.5. The number of pyridine rings is 1. The fourth-order valence-electron chi connectivity index (χ4n) is 4.64. The minimum absolute atomic E-state index is 0.0664. The summed E-state index contributed by atoms with van der Waals surface area (Å²) in [6.07, 6.45) is 3.78. The van der Waals surface area contributed by atoms with Crippen molar-refractivity contribution in [2.24, 2.45) is 5.92 Å². The smallest absolute Gasteiger partial charge is 0.273 e. The molecule has 4 aromatic rings. The quantitative estimate of drug-likeness (QED) is 0.369. The molecule has 8 heteroatoms. The van der Waals surface area contributed by atoms with Gasteiger partial charge in [-0.05, 0) is 47.4 Å². The molecular weight excluding hydrogens is 480 g/mol. The number of oxazole rings is 1. The highest BCUT2D eigenvalue weighted by Crippen LogP contribution is 2.38. The summed E-state index contributed by atoms with van der Waals surface area (Å²) in [4.78, 5) is 36.0. The van der Waals surface area contributed by atoms with Crippen LogP contribution in [0.4, 0.5) is 0 Å². The van der Waals surface area contributed by atoms with Crippen molar-refractivity contribution in [1.82, 2.24) is 20.2 Å². The third-order valence-corrected chi connectivity index (χ3v) is 6.54. The Morgan fingerprint density at radius 3 is 2.68 bits per heavy atom. The van der Waals surface area contributed by atoms with Crippen LogP contribution < -0.4 is 10.1 Å². The minimum atomic E-state index is -0.347. The molecule has 194 valence electrons. The Morgan fingerprint density at radius 2 is 1.92 bits per heavy atom. The van der Waals surface area contributed by atoms with Gasteiger partial charge in [-0.2, -0.15) is 0 Å². The van der Waals surface area contributed by atoms with Crippen LogP contribution in [0, 0.1) is 5.92 Å². The van der Waals surface area contributed by atoms with Gasteiger partial charge in [0.05, 0.1) is 18.3 Å². The van der Waals surface area contributed by atoms with Crippen molar-refractivity contribution < 1.29 is 18.7 Å². The molecule has 1 aliphatic heterocycles. The van der Waals surface area contributed by atoms with E-state index in [4.69, 9.17) is 9.15 Å². The molecule has 1 atom stereocenters. The summed E-state index contributed by atoms with van der Waals surface area (Å²) in [6, 6.07) is 21.4. The fraction of sp³-hybridized carbons (Fsp3) is 0.267. The molecule has 0 aliphatic carbocycles. The van der Waals surface area contributed by atoms with Gasteiger partial charge < -0.3 is 19.4 Å². The van der Waals surface area contributed by atoms with Crippen molar-refractivity contribution in [3.8, 4) is 5.75 Å². The van der Waals surface area contributed by atoms with Crippen LogP contribution in [0.15, 0.2) is 83.6 Å². The second-order valence-electron chi connectivity index (χ2n) is 9.53. The van der Waals surface area contributed by atoms with Gasteiger partial charge in [-0.3, -0.25) is 14.6 Å². The van der Waals surface area contributed by atoms with Crippen LogP contribution in [0.5, 0.6) is 5.75 Å². The van der Waals surface area contributed by atoms with Crippen LogP contribution in [0.2, 0.25) is 0 Å². The van der Waals surface area contributed by atoms with Gasteiger partial charge in [-0.1, -0.05) is 56.3 Å². The van der Waals surface area contributed by atoms with Crippen LogP contribution >= 0.6 is 0 Å². The summed E-state index contributed by atoms with van der Waals surface area (Å²) in [5, 5.41) is 2.78. The van der Waals surface area contributed by atoms with E-state index in [0.29, 0.717) is 24.7 Å². The zero-order chi connectivity index (χ0) is 26.5. The maximum atomic E-state index is 13.1. The summed E-state index contributed by atoms with van der Waals surface area (Å²) in [5.74, 6) is 0.622. The van der Waals surface area contributed by atoms with Crippen molar-refractivity contribution in [2.75, 3.05) is 6.54 Å². The molecule has 0 fully saturated rings. The average molecular weight is 511 g/mol. The van der Waals surface area contributed by atoms with E-state index in [-0.39, 0.29) is 36.1 Å². The van der Waals surface area contributed by atoms with Crippen molar-refractivity contribution in [3.63, 3.8) is 0 Å². The second kappa shape index (κ2) is 11.3. The molecule has 2 aromatic heterocycles. The lowest BCUT2D eigenvalue weighted by molar-refractivity contribution is -0.136. The molecule has 38 heavy (non-hydrogen) atoms. The summed E-state index contributed by atoms with van der Waals surface area (Å²) in [7, 11) is 0. The molecule has 0 saturated carbocycles. The van der Waals surface area contributed by atoms with Crippen LogP contribution in [-0.2, 0) is 24.4 Å². The number of hydrogen-bond acceptors (Lipinski definition) is 6. The monoisotopic (exact) mass is 510 g/mol. The third kappa shape index (κ3) is 5.59. The maximum Gasteiger partial charge on any atom is 0.273 e. The van der Waals surface area contributed by atoms with Gasteiger partial charge in [-0.15, -0.1) is 0 Å². The van der Waals surface area contributed by atoms with Gasteiger partial charge in [0.1, 0.15) is 12.0 Å². The van der Waals surface area contributed by atoms with Crippen LogP contribution in [0.1, 0.15) is 58.7 Å². The highest BCUT2D eigenvalue weighted by molar-refractivity contribution is 5.91. The molecule has 0 saturated heterocycles. The predicted molar refractivity (Wildman–Crippen MR) is 141 cm³/mol. The first kappa shape index (κ1) is 25.2. The van der Waals surface area contributed by atoms with Crippen molar-refractivity contribution in [2.45, 2.75) is 39.5 Å². The number of hydrogen-bond donors (Lipinski definition) is 1. The number of amides is 2. The first-order chi connectivity index (χ1) is 18.5. The highest BCUT2D eigenvalue weighted by Gasteiger charge is 2.33. The summed E-state index contributed by atoms with van der Waals surface area (Å²) in [5.41, 5.74) is 4.24.